The molecule has 4 aromatic rings. The molecule has 164 valence electrons. The number of para-hydroxylation sites is 1. The van der Waals surface area contributed by atoms with Crippen LogP contribution < -0.4 is 5.32 Å². The lowest BCUT2D eigenvalue weighted by Crippen LogP contribution is -2.21. The van der Waals surface area contributed by atoms with Crippen LogP contribution in [-0.2, 0) is 9.53 Å². The van der Waals surface area contributed by atoms with E-state index in [-0.39, 0.29) is 16.9 Å². The van der Waals surface area contributed by atoms with Gasteiger partial charge in [-0.1, -0.05) is 18.2 Å². The van der Waals surface area contributed by atoms with Gasteiger partial charge >= 0.3 is 5.97 Å². The number of ether oxygens (including phenoxy) is 1. The summed E-state index contributed by atoms with van der Waals surface area (Å²) in [5, 5.41) is 27.7. The molecule has 0 aliphatic rings. The van der Waals surface area contributed by atoms with Gasteiger partial charge in [0.25, 0.3) is 11.6 Å². The van der Waals surface area contributed by atoms with Crippen LogP contribution in [0.25, 0.3) is 15.9 Å². The maximum Gasteiger partial charge on any atom is 0.348 e. The Morgan fingerprint density at radius 2 is 2.00 bits per heavy atom. The Bertz CT molecular complexity index is 1430. The van der Waals surface area contributed by atoms with Gasteiger partial charge in [-0.15, -0.1) is 11.3 Å². The molecule has 2 aromatic heterocycles. The van der Waals surface area contributed by atoms with Crippen LogP contribution in [0.1, 0.15) is 20.9 Å². The average molecular weight is 461 g/mol. The summed E-state index contributed by atoms with van der Waals surface area (Å²) in [7, 11) is 0. The van der Waals surface area contributed by atoms with Gasteiger partial charge < -0.3 is 10.1 Å². The Hall–Kier alpha value is -4.56. The Morgan fingerprint density at radius 3 is 2.70 bits per heavy atom. The number of hydrogen-bond donors (Lipinski definition) is 1. The summed E-state index contributed by atoms with van der Waals surface area (Å²) >= 11 is 1.20. The largest absolute Gasteiger partial charge is 0.451 e. The van der Waals surface area contributed by atoms with Crippen LogP contribution in [0.5, 0.6) is 0 Å². The Kier molecular flexibility index (Phi) is 5.84. The van der Waals surface area contributed by atoms with Crippen LogP contribution in [0, 0.1) is 28.4 Å². The predicted octanol–water partition coefficient (Wildman–Crippen LogP) is 3.97. The van der Waals surface area contributed by atoms with E-state index >= 15 is 0 Å². The molecule has 10 nitrogen and oxygen atoms in total. The highest BCUT2D eigenvalue weighted by molar-refractivity contribution is 7.20. The van der Waals surface area contributed by atoms with E-state index < -0.39 is 23.4 Å². The van der Waals surface area contributed by atoms with E-state index in [1.165, 1.54) is 17.4 Å². The smallest absolute Gasteiger partial charge is 0.348 e. The Morgan fingerprint density at radius 1 is 1.24 bits per heavy atom. The van der Waals surface area contributed by atoms with Gasteiger partial charge in [-0.3, -0.25) is 14.9 Å². The lowest BCUT2D eigenvalue weighted by molar-refractivity contribution is -0.384. The summed E-state index contributed by atoms with van der Waals surface area (Å²) in [6.45, 7) is 1.26. The van der Waals surface area contributed by atoms with E-state index in [1.807, 2.05) is 37.3 Å². The van der Waals surface area contributed by atoms with Crippen LogP contribution in [-0.4, -0.2) is 33.2 Å². The van der Waals surface area contributed by atoms with E-state index in [4.69, 9.17) is 10.00 Å². The molecule has 0 aliphatic heterocycles. The number of carbonyl (C=O) groups is 2. The fraction of sp³-hybridized carbons (Fsp3) is 0.0909. The lowest BCUT2D eigenvalue weighted by Gasteiger charge is -2.07. The molecule has 0 spiro atoms. The highest BCUT2D eigenvalue weighted by Crippen LogP contribution is 2.30. The van der Waals surface area contributed by atoms with Crippen LogP contribution in [0.15, 0.2) is 54.6 Å². The van der Waals surface area contributed by atoms with Crippen molar-refractivity contribution in [2.75, 3.05) is 11.9 Å². The normalized spacial score (nSPS) is 10.5. The third-order valence-electron chi connectivity index (χ3n) is 4.69. The molecule has 33 heavy (non-hydrogen) atoms. The van der Waals surface area contributed by atoms with Crippen LogP contribution in [0.2, 0.25) is 0 Å². The van der Waals surface area contributed by atoms with Crippen molar-refractivity contribution in [3.8, 4) is 11.8 Å². The maximum absolute atomic E-state index is 12.5. The van der Waals surface area contributed by atoms with Gasteiger partial charge in [0.15, 0.2) is 6.61 Å². The second-order valence-corrected chi connectivity index (χ2v) is 7.92. The van der Waals surface area contributed by atoms with Crippen molar-refractivity contribution in [3.05, 3.63) is 80.8 Å². The van der Waals surface area contributed by atoms with Crippen molar-refractivity contribution in [1.82, 2.24) is 9.78 Å². The molecule has 0 atom stereocenters. The molecule has 0 aliphatic carbocycles. The summed E-state index contributed by atoms with van der Waals surface area (Å²) < 4.78 is 6.87. The van der Waals surface area contributed by atoms with Crippen molar-refractivity contribution in [3.63, 3.8) is 0 Å². The minimum Gasteiger partial charge on any atom is -0.451 e. The van der Waals surface area contributed by atoms with Crippen LogP contribution >= 0.6 is 11.3 Å². The second-order valence-electron chi connectivity index (χ2n) is 6.89. The number of carbonyl (C=O) groups excluding carboxylic acids is 2. The number of benzene rings is 2. The topological polar surface area (TPSA) is 140 Å². The number of anilines is 1. The molecule has 2 aromatic carbocycles. The number of aromatic nitrogens is 2. The molecule has 4 rings (SSSR count). The lowest BCUT2D eigenvalue weighted by atomic mass is 10.1. The molecule has 0 saturated heterocycles. The highest BCUT2D eigenvalue weighted by atomic mass is 32.1. The van der Waals surface area contributed by atoms with Crippen molar-refractivity contribution >= 4 is 44.8 Å². The Balaban J connectivity index is 1.46. The minimum atomic E-state index is -0.679. The molecule has 0 radical (unpaired) electrons. The zero-order chi connectivity index (χ0) is 23.5. The number of nitriles is 1. The highest BCUT2D eigenvalue weighted by Gasteiger charge is 2.19. The molecule has 2 heterocycles. The van der Waals surface area contributed by atoms with E-state index in [0.29, 0.717) is 4.88 Å². The van der Waals surface area contributed by atoms with E-state index in [2.05, 4.69) is 10.4 Å². The van der Waals surface area contributed by atoms with Gasteiger partial charge in [0.1, 0.15) is 15.8 Å². The first-order valence-electron chi connectivity index (χ1n) is 9.57. The molecule has 0 bridgehead atoms. The molecule has 0 saturated carbocycles. The third-order valence-corrected chi connectivity index (χ3v) is 5.78. The summed E-state index contributed by atoms with van der Waals surface area (Å²) in [5.74, 6) is -1.35. The number of esters is 1. The van der Waals surface area contributed by atoms with Crippen molar-refractivity contribution in [2.45, 2.75) is 6.92 Å². The zero-order valence-corrected chi connectivity index (χ0v) is 18.0. The van der Waals surface area contributed by atoms with E-state index in [9.17, 15) is 19.7 Å². The van der Waals surface area contributed by atoms with Gasteiger partial charge in [-0.05, 0) is 31.2 Å². The number of hydrogen-bond acceptors (Lipinski definition) is 8. The van der Waals surface area contributed by atoms with Crippen LogP contribution in [0.3, 0.4) is 0 Å². The fourth-order valence-corrected chi connectivity index (χ4v) is 4.20. The number of aryl methyl sites for hydroxylation is 1. The molecule has 1 amide bonds. The number of nitrogens with one attached hydrogen (secondary N) is 1. The fourth-order valence-electron chi connectivity index (χ4n) is 3.13. The van der Waals surface area contributed by atoms with Crippen LogP contribution in [0.4, 0.5) is 11.4 Å². The number of amides is 1. The molecule has 11 heteroatoms. The Labute approximate surface area is 190 Å². The van der Waals surface area contributed by atoms with Crippen molar-refractivity contribution < 1.29 is 19.2 Å². The van der Waals surface area contributed by atoms with Gasteiger partial charge in [0, 0.05) is 17.5 Å². The molecule has 0 unspecified atom stereocenters. The van der Waals surface area contributed by atoms with E-state index in [1.54, 1.807) is 16.8 Å². The number of fused-ring (bicyclic) bond motifs is 1. The first-order valence-corrected chi connectivity index (χ1v) is 10.4. The third kappa shape index (κ3) is 4.41. The summed E-state index contributed by atoms with van der Waals surface area (Å²) in [4.78, 5) is 36.0. The SMILES string of the molecule is Cc1nn(-c2ccccc2)c2sc(C(=O)OCC(=O)Nc3ccc([N+](=O)[O-])cc3C#N)cc12. The number of nitro groups is 1. The maximum atomic E-state index is 12.5. The first-order chi connectivity index (χ1) is 15.9. The van der Waals surface area contributed by atoms with Crippen molar-refractivity contribution in [2.24, 2.45) is 0 Å². The van der Waals surface area contributed by atoms with Crippen molar-refractivity contribution in [1.29, 1.82) is 5.26 Å². The van der Waals surface area contributed by atoms with E-state index in [0.717, 1.165) is 33.7 Å². The molecular weight excluding hydrogens is 446 g/mol. The first kappa shape index (κ1) is 21.7. The monoisotopic (exact) mass is 461 g/mol. The number of nitrogens with zero attached hydrogens (tertiary/aromatic N) is 4. The quantitative estimate of drug-likeness (QED) is 0.260. The zero-order valence-electron chi connectivity index (χ0n) is 17.1. The summed E-state index contributed by atoms with van der Waals surface area (Å²) in [6.07, 6.45) is 0. The molecular formula is C22H15N5O5S. The average Bonchev–Trinajstić information content (AvgIpc) is 3.39. The predicted molar refractivity (Wildman–Crippen MR) is 120 cm³/mol. The molecule has 1 N–H and O–H groups in total. The minimum absolute atomic E-state index is 0.0747. The van der Waals surface area contributed by atoms with Gasteiger partial charge in [-0.25, -0.2) is 9.48 Å². The summed E-state index contributed by atoms with van der Waals surface area (Å²) in [5.41, 5.74) is 1.35. The van der Waals surface area contributed by atoms with Gasteiger partial charge in [0.2, 0.25) is 0 Å². The second kappa shape index (κ2) is 8.89. The number of thiophene rings is 1. The van der Waals surface area contributed by atoms with Gasteiger partial charge in [-0.2, -0.15) is 10.4 Å². The standard InChI is InChI=1S/C22H15N5O5S/c1-13-17-10-19(33-21(17)26(25-13)15-5-3-2-4-6-15)22(29)32-12-20(28)24-18-8-7-16(27(30)31)9-14(18)11-23/h2-10H,12H2,1H3,(H,24,28). The number of rotatable bonds is 6. The molecule has 0 fully saturated rings. The number of non-ortho nitro benzene ring substituents is 1. The number of nitro benzene ring substituents is 1. The summed E-state index contributed by atoms with van der Waals surface area (Å²) in [6, 6.07) is 16.4. The van der Waals surface area contributed by atoms with Gasteiger partial charge in [0.05, 0.1) is 27.6 Å².